The molecule has 219 valence electrons. The topological polar surface area (TPSA) is 128 Å². The fourth-order valence-corrected chi connectivity index (χ4v) is 3.18. The molecule has 0 atom stereocenters. The van der Waals surface area contributed by atoms with Crippen LogP contribution in [0.4, 0.5) is 17.1 Å². The Morgan fingerprint density at radius 3 is 1.83 bits per heavy atom. The average Bonchev–Trinajstić information content (AvgIpc) is 2.96. The number of aromatic hydroxyl groups is 1. The molecule has 41 heavy (non-hydrogen) atoms. The van der Waals surface area contributed by atoms with Gasteiger partial charge in [-0.25, -0.2) is 0 Å². The van der Waals surface area contributed by atoms with Gasteiger partial charge >= 0.3 is 0 Å². The van der Waals surface area contributed by atoms with E-state index in [1.807, 2.05) is 89.2 Å². The van der Waals surface area contributed by atoms with E-state index in [0.29, 0.717) is 34.3 Å². The molecule has 0 aromatic heterocycles. The van der Waals surface area contributed by atoms with E-state index in [-0.39, 0.29) is 44.4 Å². The number of carbonyl (C=O) groups excluding carboxylic acids is 1. The number of anilines is 1. The summed E-state index contributed by atoms with van der Waals surface area (Å²) in [5.41, 5.74) is 2.92. The number of rotatable bonds is 4. The fraction of sp³-hybridized carbons (Fsp3) is 0.226. The predicted octanol–water partition coefficient (Wildman–Crippen LogP) is 8.92. The second kappa shape index (κ2) is 21.7. The van der Waals surface area contributed by atoms with Crippen LogP contribution in [-0.4, -0.2) is 30.2 Å². The van der Waals surface area contributed by atoms with Crippen molar-refractivity contribution >= 4 is 43.9 Å². The third kappa shape index (κ3) is 14.5. The van der Waals surface area contributed by atoms with Crippen molar-refractivity contribution in [2.45, 2.75) is 41.5 Å². The number of fused-ring (bicyclic) bond motifs is 1. The molecule has 0 aliphatic heterocycles. The molecule has 0 unspecified atom stereocenters. The van der Waals surface area contributed by atoms with Gasteiger partial charge in [0.1, 0.15) is 5.69 Å². The summed E-state index contributed by atoms with van der Waals surface area (Å²) in [6, 6.07) is 25.7. The first-order valence-electron chi connectivity index (χ1n) is 12.8. The van der Waals surface area contributed by atoms with Crippen molar-refractivity contribution in [1.82, 2.24) is 0 Å². The maximum atomic E-state index is 12.6. The van der Waals surface area contributed by atoms with E-state index >= 15 is 0 Å². The zero-order valence-electron chi connectivity index (χ0n) is 24.8. The Morgan fingerprint density at radius 2 is 1.32 bits per heavy atom. The first-order valence-corrected chi connectivity index (χ1v) is 14.7. The second-order valence-corrected chi connectivity index (χ2v) is 8.85. The predicted molar refractivity (Wildman–Crippen MR) is 167 cm³/mol. The van der Waals surface area contributed by atoms with Gasteiger partial charge in [-0.2, -0.15) is 20.5 Å². The van der Waals surface area contributed by atoms with Crippen LogP contribution in [0, 0.1) is 13.8 Å². The quantitative estimate of drug-likeness (QED) is 0.115. The number of carbonyl (C=O) groups is 1. The van der Waals surface area contributed by atoms with Gasteiger partial charge < -0.3 is 17.3 Å². The Kier molecular flexibility index (Phi) is 21.3. The normalized spacial score (nSPS) is 9.68. The fourth-order valence-electron chi connectivity index (χ4n) is 3.18. The van der Waals surface area contributed by atoms with E-state index in [9.17, 15) is 18.3 Å². The summed E-state index contributed by atoms with van der Waals surface area (Å²) in [6.07, 6.45) is 0.715. The average molecular weight is 656 g/mol. The SMILES string of the molecule is CC.CC.CS(=O)(=O)O.Cc1cc2cccc(NC(=O)c3ccccc3)c2c(O)c1N=Nc1ccccc1.[CH2-]C.[Y]. The summed E-state index contributed by atoms with van der Waals surface area (Å²) < 4.78 is 25.9. The Labute approximate surface area is 269 Å². The summed E-state index contributed by atoms with van der Waals surface area (Å²) in [7, 11) is -3.67. The van der Waals surface area contributed by atoms with Gasteiger partial charge in [-0.15, -0.1) is 5.11 Å². The zero-order valence-corrected chi connectivity index (χ0v) is 28.4. The number of benzene rings is 4. The minimum Gasteiger partial charge on any atom is -0.505 e. The minimum absolute atomic E-state index is 0. The molecule has 8 nitrogen and oxygen atoms in total. The number of nitrogens with zero attached hydrogens (tertiary/aromatic N) is 2. The largest absolute Gasteiger partial charge is 0.505 e. The molecular formula is C31H40N3O5SY-. The Bertz CT molecular complexity index is 1440. The van der Waals surface area contributed by atoms with Crippen LogP contribution in [0.25, 0.3) is 10.8 Å². The zero-order chi connectivity index (χ0) is 30.7. The van der Waals surface area contributed by atoms with E-state index in [1.54, 1.807) is 37.3 Å². The molecule has 4 aromatic carbocycles. The molecular weight excluding hydrogens is 615 g/mol. The van der Waals surface area contributed by atoms with Gasteiger partial charge in [0.25, 0.3) is 16.0 Å². The number of phenolic OH excluding ortho intramolecular Hbond substituents is 1. The third-order valence-electron chi connectivity index (χ3n) is 4.61. The maximum Gasteiger partial charge on any atom is 0.261 e. The van der Waals surface area contributed by atoms with Crippen molar-refractivity contribution in [1.29, 1.82) is 0 Å². The molecule has 3 N–H and O–H groups in total. The molecule has 0 spiro atoms. The Hall–Kier alpha value is -2.98. The molecule has 4 rings (SSSR count). The van der Waals surface area contributed by atoms with Gasteiger partial charge in [0.2, 0.25) is 0 Å². The Balaban J connectivity index is 0. The van der Waals surface area contributed by atoms with E-state index in [4.69, 9.17) is 4.55 Å². The van der Waals surface area contributed by atoms with E-state index in [2.05, 4.69) is 22.5 Å². The van der Waals surface area contributed by atoms with E-state index < -0.39 is 10.1 Å². The van der Waals surface area contributed by atoms with Crippen LogP contribution in [0.1, 0.15) is 50.5 Å². The molecule has 0 aliphatic carbocycles. The smallest absolute Gasteiger partial charge is 0.261 e. The molecule has 1 radical (unpaired) electrons. The van der Waals surface area contributed by atoms with Crippen molar-refractivity contribution in [2.24, 2.45) is 10.2 Å². The number of hydrogen-bond donors (Lipinski definition) is 3. The number of amides is 1. The van der Waals surface area contributed by atoms with Gasteiger partial charge in [0, 0.05) is 43.7 Å². The molecule has 0 saturated heterocycles. The summed E-state index contributed by atoms with van der Waals surface area (Å²) in [6.45, 7) is 14.9. The Morgan fingerprint density at radius 1 is 0.829 bits per heavy atom. The summed E-state index contributed by atoms with van der Waals surface area (Å²) in [5.74, 6) is -0.255. The van der Waals surface area contributed by atoms with Crippen LogP contribution >= 0.6 is 0 Å². The number of aryl methyl sites for hydroxylation is 1. The number of phenols is 1. The van der Waals surface area contributed by atoms with Crippen LogP contribution < -0.4 is 5.32 Å². The van der Waals surface area contributed by atoms with Crippen molar-refractivity contribution in [3.8, 4) is 5.75 Å². The molecule has 0 saturated carbocycles. The van der Waals surface area contributed by atoms with Crippen LogP contribution in [-0.2, 0) is 42.8 Å². The minimum atomic E-state index is -3.67. The van der Waals surface area contributed by atoms with Crippen molar-refractivity contribution in [3.63, 3.8) is 0 Å². The van der Waals surface area contributed by atoms with Crippen LogP contribution in [0.3, 0.4) is 0 Å². The molecule has 10 heteroatoms. The maximum absolute atomic E-state index is 12.6. The number of azo groups is 1. The summed E-state index contributed by atoms with van der Waals surface area (Å²) in [5, 5.41) is 23.7. The third-order valence-corrected chi connectivity index (χ3v) is 4.61. The number of nitrogens with one attached hydrogen (secondary N) is 1. The first kappa shape index (κ1) is 40.2. The monoisotopic (exact) mass is 655 g/mol. The van der Waals surface area contributed by atoms with Gasteiger partial charge in [0.05, 0.1) is 17.6 Å². The molecule has 0 fully saturated rings. The molecule has 0 aliphatic rings. The van der Waals surface area contributed by atoms with Crippen molar-refractivity contribution in [3.05, 3.63) is 103 Å². The van der Waals surface area contributed by atoms with Gasteiger partial charge in [0.15, 0.2) is 5.75 Å². The van der Waals surface area contributed by atoms with Crippen molar-refractivity contribution < 1.29 is 55.6 Å². The summed E-state index contributed by atoms with van der Waals surface area (Å²) in [4.78, 5) is 12.6. The van der Waals surface area contributed by atoms with Gasteiger partial charge in [-0.05, 0) is 54.3 Å². The molecule has 0 bridgehead atoms. The van der Waals surface area contributed by atoms with Crippen LogP contribution in [0.15, 0.2) is 95.2 Å². The van der Waals surface area contributed by atoms with Crippen molar-refractivity contribution in [2.75, 3.05) is 11.6 Å². The first-order chi connectivity index (χ1) is 19.1. The van der Waals surface area contributed by atoms with Gasteiger partial charge in [-0.3, -0.25) is 9.35 Å². The van der Waals surface area contributed by atoms with E-state index in [0.717, 1.165) is 10.9 Å². The van der Waals surface area contributed by atoms with Crippen LogP contribution in [0.2, 0.25) is 0 Å². The molecule has 4 aromatic rings. The molecule has 1 amide bonds. The summed E-state index contributed by atoms with van der Waals surface area (Å²) >= 11 is 0. The van der Waals surface area contributed by atoms with Gasteiger partial charge in [-0.1, -0.05) is 76.2 Å². The standard InChI is InChI=1S/C24H19N3O2.2C2H6.C2H5.CH4O3S.Y/c1-16-15-18-11-8-14-20(25-24(29)17-9-4-2-5-10-17)21(18)23(28)22(16)27-26-19-12-6-3-7-13-19;3*1-2;1-5(2,3)4;/h2-15,28H,1H3,(H,25,29);2*1-2H3;1H2,2H3;1H3,(H,2,3,4);/q;;;-1;;. The molecule has 0 heterocycles. The second-order valence-electron chi connectivity index (χ2n) is 7.38. The van der Waals surface area contributed by atoms with E-state index in [1.165, 1.54) is 0 Å². The number of hydrogen-bond acceptors (Lipinski definition) is 6. The van der Waals surface area contributed by atoms with Crippen LogP contribution in [0.5, 0.6) is 5.75 Å².